The average Bonchev–Trinajstić information content (AvgIpc) is 3.10. The molecule has 1 aromatic rings. The topological polar surface area (TPSA) is 49.3 Å². The zero-order valence-corrected chi connectivity index (χ0v) is 12.1. The van der Waals surface area contributed by atoms with E-state index in [4.69, 9.17) is 0 Å². The van der Waals surface area contributed by atoms with Gasteiger partial charge in [-0.1, -0.05) is 18.6 Å². The Kier molecular flexibility index (Phi) is 3.98. The number of hydrogen-bond donors (Lipinski definition) is 2. The number of nitrogens with one attached hydrogen (secondary N) is 1. The van der Waals surface area contributed by atoms with Crippen LogP contribution in [-0.4, -0.2) is 22.7 Å². The van der Waals surface area contributed by atoms with Crippen LogP contribution in [0.5, 0.6) is 0 Å². The van der Waals surface area contributed by atoms with Gasteiger partial charge in [-0.15, -0.1) is 0 Å². The van der Waals surface area contributed by atoms with Crippen molar-refractivity contribution in [3.63, 3.8) is 0 Å². The molecule has 1 amide bonds. The van der Waals surface area contributed by atoms with Crippen molar-refractivity contribution in [2.75, 3.05) is 0 Å². The highest BCUT2D eigenvalue weighted by molar-refractivity contribution is 5.85. The molecule has 0 heterocycles. The lowest BCUT2D eigenvalue weighted by atomic mass is 9.93. The summed E-state index contributed by atoms with van der Waals surface area (Å²) < 4.78 is 13.0. The van der Waals surface area contributed by atoms with Gasteiger partial charge in [0.15, 0.2) is 0 Å². The highest BCUT2D eigenvalue weighted by atomic mass is 19.1. The largest absolute Gasteiger partial charge is 0.380 e. The minimum absolute atomic E-state index is 0.0487. The molecule has 21 heavy (non-hydrogen) atoms. The summed E-state index contributed by atoms with van der Waals surface area (Å²) in [6, 6.07) is 6.59. The van der Waals surface area contributed by atoms with Crippen LogP contribution >= 0.6 is 0 Å². The van der Waals surface area contributed by atoms with E-state index in [1.807, 2.05) is 0 Å². The van der Waals surface area contributed by atoms with Crippen LogP contribution in [0.15, 0.2) is 24.3 Å². The van der Waals surface area contributed by atoms with Crippen molar-refractivity contribution in [2.24, 2.45) is 0 Å². The van der Waals surface area contributed by atoms with Gasteiger partial charge in [-0.2, -0.15) is 0 Å². The molecular formula is C17H22FNO2. The molecule has 2 saturated carbocycles. The van der Waals surface area contributed by atoms with Gasteiger partial charge >= 0.3 is 0 Å². The molecule has 4 heteroatoms. The smallest absolute Gasteiger partial charge is 0.252 e. The maximum atomic E-state index is 13.0. The first-order valence-corrected chi connectivity index (χ1v) is 7.87. The fourth-order valence-corrected chi connectivity index (χ4v) is 3.73. The second kappa shape index (κ2) is 5.76. The van der Waals surface area contributed by atoms with E-state index >= 15 is 0 Å². The van der Waals surface area contributed by atoms with Crippen LogP contribution in [-0.2, 0) is 4.79 Å². The lowest BCUT2D eigenvalue weighted by Gasteiger charge is -2.27. The summed E-state index contributed by atoms with van der Waals surface area (Å²) in [6.45, 7) is 0. The summed E-state index contributed by atoms with van der Waals surface area (Å²) in [7, 11) is 0. The summed E-state index contributed by atoms with van der Waals surface area (Å²) in [5.74, 6) is -0.240. The molecule has 2 N–H and O–H groups in total. The van der Waals surface area contributed by atoms with Crippen LogP contribution in [0.1, 0.15) is 56.4 Å². The minimum Gasteiger partial charge on any atom is -0.380 e. The second-order valence-electron chi connectivity index (χ2n) is 6.41. The minimum atomic E-state index is -1.17. The maximum absolute atomic E-state index is 13.0. The SMILES string of the molecule is O=C(NC1CCCC1c1ccc(F)cc1)C1(O)CCCC1. The van der Waals surface area contributed by atoms with E-state index in [2.05, 4.69) is 5.32 Å². The molecule has 2 atom stereocenters. The van der Waals surface area contributed by atoms with Crippen LogP contribution in [0, 0.1) is 5.82 Å². The van der Waals surface area contributed by atoms with Crippen LogP contribution < -0.4 is 5.32 Å². The number of carbonyl (C=O) groups is 1. The number of benzene rings is 1. The quantitative estimate of drug-likeness (QED) is 0.899. The van der Waals surface area contributed by atoms with Crippen LogP contribution in [0.25, 0.3) is 0 Å². The van der Waals surface area contributed by atoms with E-state index in [0.717, 1.165) is 37.7 Å². The third kappa shape index (κ3) is 2.95. The first-order valence-electron chi connectivity index (χ1n) is 7.87. The monoisotopic (exact) mass is 291 g/mol. The van der Waals surface area contributed by atoms with Crippen molar-refractivity contribution >= 4 is 5.91 Å². The van der Waals surface area contributed by atoms with E-state index in [1.54, 1.807) is 12.1 Å². The van der Waals surface area contributed by atoms with Crippen LogP contribution in [0.3, 0.4) is 0 Å². The van der Waals surface area contributed by atoms with Crippen molar-refractivity contribution in [2.45, 2.75) is 62.5 Å². The zero-order chi connectivity index (χ0) is 14.9. The molecule has 3 rings (SSSR count). The highest BCUT2D eigenvalue weighted by Gasteiger charge is 2.41. The van der Waals surface area contributed by atoms with Crippen LogP contribution in [0.4, 0.5) is 4.39 Å². The van der Waals surface area contributed by atoms with Gasteiger partial charge in [0, 0.05) is 12.0 Å². The highest BCUT2D eigenvalue weighted by Crippen LogP contribution is 2.36. The average molecular weight is 291 g/mol. The van der Waals surface area contributed by atoms with Gasteiger partial charge in [0.1, 0.15) is 11.4 Å². The van der Waals surface area contributed by atoms with E-state index in [0.29, 0.717) is 12.8 Å². The molecular weight excluding hydrogens is 269 g/mol. The van der Waals surface area contributed by atoms with Crippen molar-refractivity contribution in [3.8, 4) is 0 Å². The molecule has 3 nitrogen and oxygen atoms in total. The molecule has 0 radical (unpaired) electrons. The van der Waals surface area contributed by atoms with Gasteiger partial charge in [0.05, 0.1) is 0 Å². The molecule has 2 aliphatic carbocycles. The number of carbonyl (C=O) groups excluding carboxylic acids is 1. The Morgan fingerprint density at radius 1 is 1.14 bits per heavy atom. The van der Waals surface area contributed by atoms with E-state index < -0.39 is 5.60 Å². The summed E-state index contributed by atoms with van der Waals surface area (Å²) in [4.78, 5) is 12.3. The Labute approximate surface area is 124 Å². The summed E-state index contributed by atoms with van der Waals surface area (Å²) >= 11 is 0. The predicted molar refractivity (Wildman–Crippen MR) is 78.3 cm³/mol. The fourth-order valence-electron chi connectivity index (χ4n) is 3.73. The Balaban J connectivity index is 1.69. The molecule has 0 aliphatic heterocycles. The van der Waals surface area contributed by atoms with Crippen LogP contribution in [0.2, 0.25) is 0 Å². The summed E-state index contributed by atoms with van der Waals surface area (Å²) in [5, 5.41) is 13.4. The first kappa shape index (κ1) is 14.5. The first-order chi connectivity index (χ1) is 10.1. The van der Waals surface area contributed by atoms with Gasteiger partial charge in [0.25, 0.3) is 5.91 Å². The number of rotatable bonds is 3. The van der Waals surface area contributed by atoms with Gasteiger partial charge in [-0.3, -0.25) is 4.79 Å². The van der Waals surface area contributed by atoms with E-state index in [9.17, 15) is 14.3 Å². The third-order valence-corrected chi connectivity index (χ3v) is 4.98. The Morgan fingerprint density at radius 2 is 1.81 bits per heavy atom. The van der Waals surface area contributed by atoms with Gasteiger partial charge in [-0.25, -0.2) is 4.39 Å². The predicted octanol–water partition coefficient (Wildman–Crippen LogP) is 2.88. The number of halogens is 1. The second-order valence-corrected chi connectivity index (χ2v) is 6.41. The Hall–Kier alpha value is -1.42. The summed E-state index contributed by atoms with van der Waals surface area (Å²) in [6.07, 6.45) is 5.91. The molecule has 2 aliphatic rings. The van der Waals surface area contributed by atoms with Crippen molar-refractivity contribution in [3.05, 3.63) is 35.6 Å². The lowest BCUT2D eigenvalue weighted by Crippen LogP contribution is -2.49. The van der Waals surface area contributed by atoms with Crippen molar-refractivity contribution in [1.82, 2.24) is 5.32 Å². The van der Waals surface area contributed by atoms with Gasteiger partial charge < -0.3 is 10.4 Å². The maximum Gasteiger partial charge on any atom is 0.252 e. The Morgan fingerprint density at radius 3 is 2.48 bits per heavy atom. The molecule has 0 saturated heterocycles. The number of aliphatic hydroxyl groups is 1. The zero-order valence-electron chi connectivity index (χ0n) is 12.1. The number of amides is 1. The van der Waals surface area contributed by atoms with Crippen molar-refractivity contribution in [1.29, 1.82) is 0 Å². The molecule has 2 fully saturated rings. The molecule has 0 spiro atoms. The van der Waals surface area contributed by atoms with Gasteiger partial charge in [-0.05, 0) is 56.2 Å². The van der Waals surface area contributed by atoms with Crippen molar-refractivity contribution < 1.29 is 14.3 Å². The molecule has 114 valence electrons. The molecule has 2 unspecified atom stereocenters. The molecule has 0 bridgehead atoms. The molecule has 0 aromatic heterocycles. The fraction of sp³-hybridized carbons (Fsp3) is 0.588. The lowest BCUT2D eigenvalue weighted by molar-refractivity contribution is -0.140. The third-order valence-electron chi connectivity index (χ3n) is 4.98. The molecule has 1 aromatic carbocycles. The standard InChI is InChI=1S/C17H22FNO2/c18-13-8-6-12(7-9-13)14-4-3-5-15(14)19-16(20)17(21)10-1-2-11-17/h6-9,14-15,21H,1-5,10-11H2,(H,19,20). The number of hydrogen-bond acceptors (Lipinski definition) is 2. The summed E-state index contributed by atoms with van der Waals surface area (Å²) in [5.41, 5.74) is -0.103. The normalized spacial score (nSPS) is 27.7. The Bertz CT molecular complexity index is 508. The van der Waals surface area contributed by atoms with E-state index in [-0.39, 0.29) is 23.7 Å². The van der Waals surface area contributed by atoms with E-state index in [1.165, 1.54) is 12.1 Å². The van der Waals surface area contributed by atoms with Gasteiger partial charge in [0.2, 0.25) is 0 Å².